The van der Waals surface area contributed by atoms with E-state index in [9.17, 15) is 9.90 Å². The Labute approximate surface area is 82.1 Å². The first-order valence-corrected chi connectivity index (χ1v) is 4.22. The summed E-state index contributed by atoms with van der Waals surface area (Å²) in [5, 5.41) is 9.28. The van der Waals surface area contributed by atoms with E-state index in [0.717, 1.165) is 0 Å². The van der Waals surface area contributed by atoms with Gasteiger partial charge in [0.25, 0.3) is 0 Å². The lowest BCUT2D eigenvalue weighted by Gasteiger charge is -2.05. The van der Waals surface area contributed by atoms with Gasteiger partial charge in [-0.05, 0) is 19.1 Å². The molecule has 0 atom stereocenters. The van der Waals surface area contributed by atoms with Crippen LogP contribution in [-0.2, 0) is 4.74 Å². The van der Waals surface area contributed by atoms with Gasteiger partial charge in [-0.2, -0.15) is 0 Å². The molecule has 0 amide bonds. The molecule has 0 saturated heterocycles. The van der Waals surface area contributed by atoms with Crippen molar-refractivity contribution < 1.29 is 19.4 Å². The van der Waals surface area contributed by atoms with Gasteiger partial charge in [-0.1, -0.05) is 0 Å². The van der Waals surface area contributed by atoms with Crippen molar-refractivity contribution in [2.75, 3.05) is 13.7 Å². The van der Waals surface area contributed by atoms with Gasteiger partial charge in [0.2, 0.25) is 0 Å². The number of phenols is 1. The van der Waals surface area contributed by atoms with Crippen molar-refractivity contribution >= 4 is 5.97 Å². The van der Waals surface area contributed by atoms with Crippen LogP contribution in [0.5, 0.6) is 11.5 Å². The molecule has 0 saturated carbocycles. The van der Waals surface area contributed by atoms with Crippen molar-refractivity contribution in [3.8, 4) is 11.5 Å². The van der Waals surface area contributed by atoms with Crippen LogP contribution in [0.15, 0.2) is 18.2 Å². The van der Waals surface area contributed by atoms with E-state index in [1.807, 2.05) is 6.92 Å². The standard InChI is InChI=1S/C10H12O4/c1-3-14-9-5-7(10(12)13-2)4-8(11)6-9/h4-6,11H,3H2,1-2H3. The van der Waals surface area contributed by atoms with Gasteiger partial charge in [0, 0.05) is 6.07 Å². The molecule has 0 aliphatic rings. The average molecular weight is 196 g/mol. The SMILES string of the molecule is CCOc1cc(O)cc(C(=O)OC)c1. The van der Waals surface area contributed by atoms with Crippen LogP contribution in [0, 0.1) is 0 Å². The summed E-state index contributed by atoms with van der Waals surface area (Å²) in [7, 11) is 1.28. The van der Waals surface area contributed by atoms with Gasteiger partial charge in [-0.25, -0.2) is 4.79 Å². The minimum Gasteiger partial charge on any atom is -0.508 e. The summed E-state index contributed by atoms with van der Waals surface area (Å²) in [5.41, 5.74) is 0.274. The van der Waals surface area contributed by atoms with Crippen LogP contribution in [0.25, 0.3) is 0 Å². The summed E-state index contributed by atoms with van der Waals surface area (Å²) < 4.78 is 9.67. The highest BCUT2D eigenvalue weighted by molar-refractivity contribution is 5.90. The second-order valence-corrected chi connectivity index (χ2v) is 2.64. The Morgan fingerprint density at radius 3 is 2.71 bits per heavy atom. The molecule has 0 fully saturated rings. The second kappa shape index (κ2) is 4.50. The van der Waals surface area contributed by atoms with E-state index in [-0.39, 0.29) is 11.3 Å². The molecule has 0 bridgehead atoms. The van der Waals surface area contributed by atoms with Crippen LogP contribution in [0.4, 0.5) is 0 Å². The lowest BCUT2D eigenvalue weighted by atomic mass is 10.2. The normalized spacial score (nSPS) is 9.57. The second-order valence-electron chi connectivity index (χ2n) is 2.64. The van der Waals surface area contributed by atoms with E-state index in [2.05, 4.69) is 4.74 Å². The molecule has 0 aliphatic heterocycles. The van der Waals surface area contributed by atoms with Gasteiger partial charge in [-0.3, -0.25) is 0 Å². The van der Waals surface area contributed by atoms with Gasteiger partial charge in [0.15, 0.2) is 0 Å². The monoisotopic (exact) mass is 196 g/mol. The van der Waals surface area contributed by atoms with E-state index in [1.54, 1.807) is 0 Å². The van der Waals surface area contributed by atoms with Crippen molar-refractivity contribution in [1.29, 1.82) is 0 Å². The average Bonchev–Trinajstić information content (AvgIpc) is 2.16. The van der Waals surface area contributed by atoms with Crippen molar-refractivity contribution in [2.24, 2.45) is 0 Å². The van der Waals surface area contributed by atoms with Gasteiger partial charge >= 0.3 is 5.97 Å². The van der Waals surface area contributed by atoms with Crippen molar-refractivity contribution in [3.63, 3.8) is 0 Å². The molecule has 4 nitrogen and oxygen atoms in total. The van der Waals surface area contributed by atoms with Gasteiger partial charge in [-0.15, -0.1) is 0 Å². The van der Waals surface area contributed by atoms with Crippen molar-refractivity contribution in [3.05, 3.63) is 23.8 Å². The molecule has 0 aromatic heterocycles. The lowest BCUT2D eigenvalue weighted by Crippen LogP contribution is -2.01. The quantitative estimate of drug-likeness (QED) is 0.745. The van der Waals surface area contributed by atoms with Crippen LogP contribution in [0.2, 0.25) is 0 Å². The highest BCUT2D eigenvalue weighted by Crippen LogP contribution is 2.22. The minimum absolute atomic E-state index is 0.0173. The number of ether oxygens (including phenoxy) is 2. The summed E-state index contributed by atoms with van der Waals surface area (Å²) in [4.78, 5) is 11.1. The number of phenolic OH excluding ortho intramolecular Hbond substituents is 1. The Morgan fingerprint density at radius 2 is 2.14 bits per heavy atom. The zero-order valence-corrected chi connectivity index (χ0v) is 8.11. The third-order valence-electron chi connectivity index (χ3n) is 1.62. The maximum Gasteiger partial charge on any atom is 0.338 e. The third kappa shape index (κ3) is 2.39. The van der Waals surface area contributed by atoms with Crippen molar-refractivity contribution in [1.82, 2.24) is 0 Å². The zero-order chi connectivity index (χ0) is 10.6. The predicted molar refractivity (Wildman–Crippen MR) is 50.6 cm³/mol. The Kier molecular flexibility index (Phi) is 3.34. The molecule has 1 aromatic rings. The van der Waals surface area contributed by atoms with E-state index < -0.39 is 5.97 Å². The number of carbonyl (C=O) groups is 1. The molecular formula is C10H12O4. The van der Waals surface area contributed by atoms with E-state index in [0.29, 0.717) is 12.4 Å². The van der Waals surface area contributed by atoms with E-state index >= 15 is 0 Å². The van der Waals surface area contributed by atoms with Crippen molar-refractivity contribution in [2.45, 2.75) is 6.92 Å². The summed E-state index contributed by atoms with van der Waals surface area (Å²) in [6, 6.07) is 4.29. The fourth-order valence-electron chi connectivity index (χ4n) is 1.07. The molecule has 1 N–H and O–H groups in total. The van der Waals surface area contributed by atoms with Gasteiger partial charge in [0.1, 0.15) is 11.5 Å². The van der Waals surface area contributed by atoms with Crippen LogP contribution < -0.4 is 4.74 Å². The summed E-state index contributed by atoms with van der Waals surface area (Å²) >= 11 is 0. The Balaban J connectivity index is 3.00. The first-order valence-electron chi connectivity index (χ1n) is 4.22. The lowest BCUT2D eigenvalue weighted by molar-refractivity contribution is 0.0599. The fourth-order valence-corrected chi connectivity index (χ4v) is 1.07. The molecule has 14 heavy (non-hydrogen) atoms. The highest BCUT2D eigenvalue weighted by Gasteiger charge is 2.08. The summed E-state index contributed by atoms with van der Waals surface area (Å²) in [6.07, 6.45) is 0. The van der Waals surface area contributed by atoms with Crippen LogP contribution in [0.3, 0.4) is 0 Å². The minimum atomic E-state index is -0.498. The van der Waals surface area contributed by atoms with Gasteiger partial charge < -0.3 is 14.6 Å². The molecule has 1 rings (SSSR count). The third-order valence-corrected chi connectivity index (χ3v) is 1.62. The molecule has 4 heteroatoms. The Bertz CT molecular complexity index is 333. The Morgan fingerprint density at radius 1 is 1.43 bits per heavy atom. The number of methoxy groups -OCH3 is 1. The molecule has 0 spiro atoms. The zero-order valence-electron chi connectivity index (χ0n) is 8.11. The first-order chi connectivity index (χ1) is 6.67. The molecular weight excluding hydrogens is 184 g/mol. The molecule has 1 aromatic carbocycles. The summed E-state index contributed by atoms with van der Waals surface area (Å²) in [5.74, 6) is -0.0638. The number of esters is 1. The van der Waals surface area contributed by atoms with E-state index in [1.165, 1.54) is 25.3 Å². The maximum atomic E-state index is 11.1. The topological polar surface area (TPSA) is 55.8 Å². The molecule has 0 radical (unpaired) electrons. The molecule has 0 aliphatic carbocycles. The molecule has 76 valence electrons. The largest absolute Gasteiger partial charge is 0.508 e. The number of hydrogen-bond donors (Lipinski definition) is 1. The number of aromatic hydroxyl groups is 1. The van der Waals surface area contributed by atoms with Gasteiger partial charge in [0.05, 0.1) is 19.3 Å². The highest BCUT2D eigenvalue weighted by atomic mass is 16.5. The van der Waals surface area contributed by atoms with Crippen LogP contribution in [-0.4, -0.2) is 24.8 Å². The first kappa shape index (κ1) is 10.4. The predicted octanol–water partition coefficient (Wildman–Crippen LogP) is 1.58. The van der Waals surface area contributed by atoms with Crippen LogP contribution >= 0.6 is 0 Å². The van der Waals surface area contributed by atoms with Crippen LogP contribution in [0.1, 0.15) is 17.3 Å². The maximum absolute atomic E-state index is 11.1. The molecule has 0 unspecified atom stereocenters. The fraction of sp³-hybridized carbons (Fsp3) is 0.300. The number of benzene rings is 1. The Hall–Kier alpha value is -1.71. The summed E-state index contributed by atoms with van der Waals surface area (Å²) in [6.45, 7) is 2.30. The number of rotatable bonds is 3. The molecule has 0 heterocycles. The number of hydrogen-bond acceptors (Lipinski definition) is 4. The number of carbonyl (C=O) groups excluding carboxylic acids is 1. The van der Waals surface area contributed by atoms with E-state index in [4.69, 9.17) is 4.74 Å². The smallest absolute Gasteiger partial charge is 0.338 e.